The fraction of sp³-hybridized carbons (Fsp3) is 0.562. The zero-order valence-electron chi connectivity index (χ0n) is 12.3. The summed E-state index contributed by atoms with van der Waals surface area (Å²) in [4.78, 5) is 14.3. The van der Waals surface area contributed by atoms with Crippen LogP contribution in [0, 0.1) is 12.8 Å². The quantitative estimate of drug-likeness (QED) is 0.928. The average molecular weight is 297 g/mol. The molecule has 112 valence electrons. The van der Waals surface area contributed by atoms with Crippen LogP contribution in [0.2, 0.25) is 0 Å². The summed E-state index contributed by atoms with van der Waals surface area (Å²) in [5, 5.41) is 0. The number of nitrogens with two attached hydrogens (primary N) is 1. The lowest BCUT2D eigenvalue weighted by atomic mass is 9.93. The number of hydrogen-bond acceptors (Lipinski definition) is 2. The summed E-state index contributed by atoms with van der Waals surface area (Å²) in [6, 6.07) is 8.32. The molecule has 1 amide bonds. The number of halogens is 1. The van der Waals surface area contributed by atoms with E-state index in [1.807, 2.05) is 17.0 Å². The van der Waals surface area contributed by atoms with Crippen LogP contribution in [0.5, 0.6) is 0 Å². The van der Waals surface area contributed by atoms with E-state index in [0.717, 1.165) is 19.5 Å². The van der Waals surface area contributed by atoms with Crippen LogP contribution in [0.4, 0.5) is 0 Å². The molecule has 1 fully saturated rings. The largest absolute Gasteiger partial charge is 0.342 e. The number of amides is 1. The second kappa shape index (κ2) is 7.65. The summed E-state index contributed by atoms with van der Waals surface area (Å²) in [7, 11) is 0. The van der Waals surface area contributed by atoms with E-state index in [1.54, 1.807) is 0 Å². The number of aryl methyl sites for hydroxylation is 1. The molecule has 0 aromatic heterocycles. The van der Waals surface area contributed by atoms with Crippen molar-refractivity contribution in [1.29, 1.82) is 0 Å². The van der Waals surface area contributed by atoms with Gasteiger partial charge in [0.25, 0.3) is 0 Å². The summed E-state index contributed by atoms with van der Waals surface area (Å²) in [6.45, 7) is 6.65. The van der Waals surface area contributed by atoms with Crippen molar-refractivity contribution in [3.8, 4) is 0 Å². The van der Waals surface area contributed by atoms with Crippen molar-refractivity contribution in [2.45, 2.75) is 32.6 Å². The van der Waals surface area contributed by atoms with Crippen LogP contribution < -0.4 is 5.73 Å². The van der Waals surface area contributed by atoms with E-state index in [1.165, 1.54) is 11.1 Å². The smallest absolute Gasteiger partial charge is 0.223 e. The molecular weight excluding hydrogens is 272 g/mol. The molecule has 1 aliphatic heterocycles. The third-order valence-electron chi connectivity index (χ3n) is 4.17. The number of likely N-dealkylation sites (tertiary alicyclic amines) is 1. The number of carbonyl (C=O) groups excluding carboxylic acids is 1. The van der Waals surface area contributed by atoms with Gasteiger partial charge in [0.05, 0.1) is 0 Å². The Hall–Kier alpha value is -1.06. The van der Waals surface area contributed by atoms with Gasteiger partial charge < -0.3 is 10.6 Å². The van der Waals surface area contributed by atoms with Crippen molar-refractivity contribution < 1.29 is 4.79 Å². The molecule has 0 saturated carbocycles. The lowest BCUT2D eigenvalue weighted by Crippen LogP contribution is -2.30. The van der Waals surface area contributed by atoms with Gasteiger partial charge in [0.1, 0.15) is 0 Å². The number of rotatable bonds is 4. The first-order chi connectivity index (χ1) is 9.11. The van der Waals surface area contributed by atoms with Crippen LogP contribution in [-0.4, -0.2) is 30.4 Å². The molecule has 20 heavy (non-hydrogen) atoms. The van der Waals surface area contributed by atoms with Crippen molar-refractivity contribution in [3.63, 3.8) is 0 Å². The van der Waals surface area contributed by atoms with Crippen LogP contribution in [0.25, 0.3) is 0 Å². The summed E-state index contributed by atoms with van der Waals surface area (Å²) in [6.07, 6.45) is 1.66. The van der Waals surface area contributed by atoms with Gasteiger partial charge in [0.2, 0.25) is 5.91 Å². The van der Waals surface area contributed by atoms with Crippen LogP contribution in [0.1, 0.15) is 36.8 Å². The number of benzene rings is 1. The van der Waals surface area contributed by atoms with Gasteiger partial charge in [-0.25, -0.2) is 0 Å². The molecule has 1 aliphatic rings. The zero-order chi connectivity index (χ0) is 13.8. The minimum atomic E-state index is 0. The van der Waals surface area contributed by atoms with Gasteiger partial charge in [-0.05, 0) is 42.9 Å². The maximum atomic E-state index is 12.3. The zero-order valence-corrected chi connectivity index (χ0v) is 13.2. The molecule has 2 rings (SSSR count). The van der Waals surface area contributed by atoms with Crippen molar-refractivity contribution >= 4 is 18.3 Å². The molecule has 0 aliphatic carbocycles. The van der Waals surface area contributed by atoms with E-state index >= 15 is 0 Å². The lowest BCUT2D eigenvalue weighted by Gasteiger charge is -2.20. The van der Waals surface area contributed by atoms with Crippen LogP contribution >= 0.6 is 12.4 Å². The van der Waals surface area contributed by atoms with E-state index < -0.39 is 0 Å². The fourth-order valence-electron chi connectivity index (χ4n) is 2.89. The SMILES string of the molecule is Cc1ccccc1C(C)CC(=O)N1CCC(CN)C1.Cl. The van der Waals surface area contributed by atoms with E-state index in [4.69, 9.17) is 5.73 Å². The monoisotopic (exact) mass is 296 g/mol. The Labute approximate surface area is 127 Å². The van der Waals surface area contributed by atoms with Gasteiger partial charge in [0.15, 0.2) is 0 Å². The van der Waals surface area contributed by atoms with Gasteiger partial charge in [-0.2, -0.15) is 0 Å². The highest BCUT2D eigenvalue weighted by molar-refractivity contribution is 5.85. The Morgan fingerprint density at radius 1 is 1.45 bits per heavy atom. The summed E-state index contributed by atoms with van der Waals surface area (Å²) in [5.41, 5.74) is 8.22. The molecule has 0 radical (unpaired) electrons. The standard InChI is InChI=1S/C16H24N2O.ClH/c1-12-5-3-4-6-15(12)13(2)9-16(19)18-8-7-14(10-17)11-18;/h3-6,13-14H,7-11,17H2,1-2H3;1H. The molecular formula is C16H25ClN2O. The van der Waals surface area contributed by atoms with Crippen molar-refractivity contribution in [2.75, 3.05) is 19.6 Å². The fourth-order valence-corrected chi connectivity index (χ4v) is 2.89. The summed E-state index contributed by atoms with van der Waals surface area (Å²) >= 11 is 0. The normalized spacial score (nSPS) is 19.6. The molecule has 2 N–H and O–H groups in total. The Morgan fingerprint density at radius 2 is 2.15 bits per heavy atom. The predicted octanol–water partition coefficient (Wildman–Crippen LogP) is 2.72. The number of carbonyl (C=O) groups is 1. The van der Waals surface area contributed by atoms with Gasteiger partial charge >= 0.3 is 0 Å². The first-order valence-electron chi connectivity index (χ1n) is 7.15. The molecule has 1 aromatic rings. The molecule has 1 aromatic carbocycles. The van der Waals surface area contributed by atoms with E-state index in [-0.39, 0.29) is 24.2 Å². The number of nitrogens with zero attached hydrogens (tertiary/aromatic N) is 1. The summed E-state index contributed by atoms with van der Waals surface area (Å²) in [5.74, 6) is 1.05. The highest BCUT2D eigenvalue weighted by atomic mass is 35.5. The first-order valence-corrected chi connectivity index (χ1v) is 7.15. The van der Waals surface area contributed by atoms with Gasteiger partial charge in [-0.15, -0.1) is 12.4 Å². The Bertz CT molecular complexity index is 450. The lowest BCUT2D eigenvalue weighted by molar-refractivity contribution is -0.130. The maximum Gasteiger partial charge on any atom is 0.223 e. The Balaban J connectivity index is 0.00000200. The van der Waals surface area contributed by atoms with Gasteiger partial charge in [0, 0.05) is 19.5 Å². The second-order valence-corrected chi connectivity index (χ2v) is 5.69. The third kappa shape index (κ3) is 3.97. The van der Waals surface area contributed by atoms with Crippen LogP contribution in [-0.2, 0) is 4.79 Å². The minimum Gasteiger partial charge on any atom is -0.342 e. The third-order valence-corrected chi connectivity index (χ3v) is 4.17. The summed E-state index contributed by atoms with van der Waals surface area (Å²) < 4.78 is 0. The molecule has 0 bridgehead atoms. The average Bonchev–Trinajstić information content (AvgIpc) is 2.88. The van der Waals surface area contributed by atoms with Crippen molar-refractivity contribution in [2.24, 2.45) is 11.7 Å². The molecule has 2 unspecified atom stereocenters. The maximum absolute atomic E-state index is 12.3. The van der Waals surface area contributed by atoms with E-state index in [0.29, 0.717) is 18.9 Å². The van der Waals surface area contributed by atoms with Gasteiger partial charge in [-0.1, -0.05) is 31.2 Å². The van der Waals surface area contributed by atoms with Crippen molar-refractivity contribution in [1.82, 2.24) is 4.90 Å². The molecule has 1 heterocycles. The molecule has 1 saturated heterocycles. The predicted molar refractivity (Wildman–Crippen MR) is 85.2 cm³/mol. The molecule has 2 atom stereocenters. The number of hydrogen-bond donors (Lipinski definition) is 1. The van der Waals surface area contributed by atoms with E-state index in [2.05, 4.69) is 26.0 Å². The highest BCUT2D eigenvalue weighted by Gasteiger charge is 2.26. The first kappa shape index (κ1) is 17.0. The molecule has 0 spiro atoms. The topological polar surface area (TPSA) is 46.3 Å². The Morgan fingerprint density at radius 3 is 2.75 bits per heavy atom. The van der Waals surface area contributed by atoms with Gasteiger partial charge in [-0.3, -0.25) is 4.79 Å². The highest BCUT2D eigenvalue weighted by Crippen LogP contribution is 2.24. The molecule has 3 nitrogen and oxygen atoms in total. The van der Waals surface area contributed by atoms with Crippen LogP contribution in [0.3, 0.4) is 0 Å². The molecule has 4 heteroatoms. The Kier molecular flexibility index (Phi) is 6.50. The minimum absolute atomic E-state index is 0. The van der Waals surface area contributed by atoms with Crippen molar-refractivity contribution in [3.05, 3.63) is 35.4 Å². The second-order valence-electron chi connectivity index (χ2n) is 5.69. The van der Waals surface area contributed by atoms with Crippen LogP contribution in [0.15, 0.2) is 24.3 Å². The van der Waals surface area contributed by atoms with E-state index in [9.17, 15) is 4.79 Å².